The molecule has 25 heavy (non-hydrogen) atoms. The third-order valence-electron chi connectivity index (χ3n) is 4.31. The van der Waals surface area contributed by atoms with Crippen molar-refractivity contribution in [1.29, 1.82) is 0 Å². The number of aliphatic hydroxyl groups is 1. The van der Waals surface area contributed by atoms with Crippen LogP contribution in [0.2, 0.25) is 0 Å². The van der Waals surface area contributed by atoms with Crippen molar-refractivity contribution in [1.82, 2.24) is 25.4 Å². The minimum atomic E-state index is 0. The Morgan fingerprint density at radius 1 is 1.32 bits per heavy atom. The van der Waals surface area contributed by atoms with Crippen molar-refractivity contribution in [3.63, 3.8) is 0 Å². The number of nitrogens with zero attached hydrogens (tertiary/aromatic N) is 4. The topological polar surface area (TPSA) is 87.4 Å². The molecule has 0 saturated heterocycles. The molecule has 0 bridgehead atoms. The molecule has 0 amide bonds. The first-order valence-electron chi connectivity index (χ1n) is 9.18. The monoisotopic (exact) mass is 464 g/mol. The standard InChI is InChI=1S/C17H32N6O.HI/c1-4-18-17(19-11-14(7-9-24)10-13(2)3)20-12-16-22-21-15-6-5-8-23(15)16;/h13-14,24H,4-12H2,1-3H3,(H2,18,19,20);1H. The van der Waals surface area contributed by atoms with Gasteiger partial charge < -0.3 is 20.3 Å². The molecule has 0 fully saturated rings. The quantitative estimate of drug-likeness (QED) is 0.296. The van der Waals surface area contributed by atoms with Crippen molar-refractivity contribution >= 4 is 29.9 Å². The number of aliphatic imine (C=N–C) groups is 1. The molecule has 1 aromatic rings. The summed E-state index contributed by atoms with van der Waals surface area (Å²) < 4.78 is 2.18. The van der Waals surface area contributed by atoms with Crippen LogP contribution in [0.5, 0.6) is 0 Å². The lowest BCUT2D eigenvalue weighted by Crippen LogP contribution is -2.40. The fourth-order valence-corrected chi connectivity index (χ4v) is 3.21. The first-order valence-corrected chi connectivity index (χ1v) is 9.18. The van der Waals surface area contributed by atoms with Gasteiger partial charge in [0, 0.05) is 32.7 Å². The highest BCUT2D eigenvalue weighted by Crippen LogP contribution is 2.15. The SMILES string of the molecule is CCNC(=NCc1nnc2n1CCC2)NCC(CCO)CC(C)C.I. The number of guanidine groups is 1. The molecule has 0 radical (unpaired) electrons. The lowest BCUT2D eigenvalue weighted by Gasteiger charge is -2.20. The van der Waals surface area contributed by atoms with Gasteiger partial charge in [-0.25, -0.2) is 4.99 Å². The third kappa shape index (κ3) is 7.08. The normalized spacial score (nSPS) is 15.0. The van der Waals surface area contributed by atoms with E-state index in [2.05, 4.69) is 51.2 Å². The summed E-state index contributed by atoms with van der Waals surface area (Å²) in [6.07, 6.45) is 4.10. The largest absolute Gasteiger partial charge is 0.396 e. The first kappa shape index (κ1) is 22.1. The Morgan fingerprint density at radius 2 is 2.12 bits per heavy atom. The van der Waals surface area contributed by atoms with Crippen LogP contribution in [-0.2, 0) is 19.5 Å². The maximum Gasteiger partial charge on any atom is 0.191 e. The van der Waals surface area contributed by atoms with Gasteiger partial charge in [0.05, 0.1) is 0 Å². The first-order chi connectivity index (χ1) is 11.6. The predicted octanol–water partition coefficient (Wildman–Crippen LogP) is 1.94. The Kier molecular flexibility index (Phi) is 10.3. The van der Waals surface area contributed by atoms with Crippen LogP contribution in [0, 0.1) is 11.8 Å². The van der Waals surface area contributed by atoms with Crippen LogP contribution in [0.3, 0.4) is 0 Å². The van der Waals surface area contributed by atoms with Crippen molar-refractivity contribution in [3.05, 3.63) is 11.6 Å². The van der Waals surface area contributed by atoms with E-state index in [1.807, 2.05) is 0 Å². The van der Waals surface area contributed by atoms with Gasteiger partial charge in [-0.1, -0.05) is 13.8 Å². The van der Waals surface area contributed by atoms with Gasteiger partial charge in [0.2, 0.25) is 0 Å². The summed E-state index contributed by atoms with van der Waals surface area (Å²) in [4.78, 5) is 4.65. The molecule has 0 aliphatic carbocycles. The second kappa shape index (κ2) is 11.7. The Balaban J connectivity index is 0.00000312. The average Bonchev–Trinajstić information content (AvgIpc) is 3.13. The summed E-state index contributed by atoms with van der Waals surface area (Å²) in [5.74, 6) is 3.91. The lowest BCUT2D eigenvalue weighted by molar-refractivity contribution is 0.243. The summed E-state index contributed by atoms with van der Waals surface area (Å²) in [5, 5.41) is 24.4. The number of rotatable bonds is 9. The van der Waals surface area contributed by atoms with Crippen LogP contribution in [0.25, 0.3) is 0 Å². The Hall–Kier alpha value is -0.900. The van der Waals surface area contributed by atoms with Crippen molar-refractivity contribution < 1.29 is 5.11 Å². The summed E-state index contributed by atoms with van der Waals surface area (Å²) in [6.45, 7) is 9.91. The van der Waals surface area contributed by atoms with E-state index < -0.39 is 0 Å². The van der Waals surface area contributed by atoms with Gasteiger partial charge >= 0.3 is 0 Å². The lowest BCUT2D eigenvalue weighted by atomic mass is 9.94. The molecule has 0 saturated carbocycles. The predicted molar refractivity (Wildman–Crippen MR) is 111 cm³/mol. The van der Waals surface area contributed by atoms with E-state index in [-0.39, 0.29) is 30.6 Å². The fourth-order valence-electron chi connectivity index (χ4n) is 3.21. The van der Waals surface area contributed by atoms with Gasteiger partial charge in [0.1, 0.15) is 12.4 Å². The van der Waals surface area contributed by atoms with Crippen molar-refractivity contribution in [3.8, 4) is 0 Å². The number of halogens is 1. The van der Waals surface area contributed by atoms with E-state index in [9.17, 15) is 5.11 Å². The molecule has 1 aromatic heterocycles. The maximum atomic E-state index is 9.24. The number of fused-ring (bicyclic) bond motifs is 1. The Labute approximate surface area is 168 Å². The Bertz CT molecular complexity index is 531. The number of aliphatic hydroxyl groups excluding tert-OH is 1. The molecule has 1 aliphatic heterocycles. The number of nitrogens with one attached hydrogen (secondary N) is 2. The molecule has 0 spiro atoms. The zero-order valence-corrected chi connectivity index (χ0v) is 18.0. The van der Waals surface area contributed by atoms with E-state index in [1.54, 1.807) is 0 Å². The molecule has 144 valence electrons. The molecule has 7 nitrogen and oxygen atoms in total. The van der Waals surface area contributed by atoms with Gasteiger partial charge in [-0.3, -0.25) is 0 Å². The van der Waals surface area contributed by atoms with Gasteiger partial charge in [-0.15, -0.1) is 34.2 Å². The minimum Gasteiger partial charge on any atom is -0.396 e. The second-order valence-electron chi connectivity index (χ2n) is 6.87. The zero-order chi connectivity index (χ0) is 17.4. The van der Waals surface area contributed by atoms with Crippen LogP contribution in [-0.4, -0.2) is 45.5 Å². The molecule has 1 aliphatic rings. The third-order valence-corrected chi connectivity index (χ3v) is 4.31. The summed E-state index contributed by atoms with van der Waals surface area (Å²) in [7, 11) is 0. The highest BCUT2D eigenvalue weighted by Gasteiger charge is 2.17. The van der Waals surface area contributed by atoms with Crippen LogP contribution in [0.4, 0.5) is 0 Å². The summed E-state index contributed by atoms with van der Waals surface area (Å²) in [6, 6.07) is 0. The van der Waals surface area contributed by atoms with E-state index >= 15 is 0 Å². The number of aryl methyl sites for hydroxylation is 1. The molecule has 1 unspecified atom stereocenters. The van der Waals surface area contributed by atoms with E-state index in [4.69, 9.17) is 0 Å². The van der Waals surface area contributed by atoms with Crippen molar-refractivity contribution in [2.75, 3.05) is 19.7 Å². The summed E-state index contributed by atoms with van der Waals surface area (Å²) in [5.41, 5.74) is 0. The van der Waals surface area contributed by atoms with Crippen LogP contribution in [0.1, 0.15) is 51.7 Å². The van der Waals surface area contributed by atoms with Gasteiger partial charge in [-0.2, -0.15) is 0 Å². The number of aromatic nitrogens is 3. The van der Waals surface area contributed by atoms with E-state index in [0.29, 0.717) is 18.4 Å². The van der Waals surface area contributed by atoms with Gasteiger partial charge in [-0.05, 0) is 38.0 Å². The molecule has 0 aromatic carbocycles. The van der Waals surface area contributed by atoms with E-state index in [0.717, 1.165) is 62.9 Å². The van der Waals surface area contributed by atoms with E-state index in [1.165, 1.54) is 0 Å². The average molecular weight is 464 g/mol. The molecular formula is C17H33IN6O. The smallest absolute Gasteiger partial charge is 0.191 e. The molecule has 2 rings (SSSR count). The number of hydrogen-bond acceptors (Lipinski definition) is 4. The molecule has 2 heterocycles. The highest BCUT2D eigenvalue weighted by molar-refractivity contribution is 14.0. The Morgan fingerprint density at radius 3 is 2.80 bits per heavy atom. The highest BCUT2D eigenvalue weighted by atomic mass is 127. The van der Waals surface area contributed by atoms with Crippen molar-refractivity contribution in [2.24, 2.45) is 16.8 Å². The molecule has 3 N–H and O–H groups in total. The van der Waals surface area contributed by atoms with Gasteiger partial charge in [0.15, 0.2) is 11.8 Å². The second-order valence-corrected chi connectivity index (χ2v) is 6.87. The van der Waals surface area contributed by atoms with Crippen LogP contribution >= 0.6 is 24.0 Å². The maximum absolute atomic E-state index is 9.24. The van der Waals surface area contributed by atoms with Gasteiger partial charge in [0.25, 0.3) is 0 Å². The fraction of sp³-hybridized carbons (Fsp3) is 0.824. The van der Waals surface area contributed by atoms with Crippen LogP contribution in [0.15, 0.2) is 4.99 Å². The summed E-state index contributed by atoms with van der Waals surface area (Å²) >= 11 is 0. The minimum absolute atomic E-state index is 0. The van der Waals surface area contributed by atoms with Crippen LogP contribution < -0.4 is 10.6 Å². The number of hydrogen-bond donors (Lipinski definition) is 3. The molecule has 1 atom stereocenters. The molecule has 8 heteroatoms. The zero-order valence-electron chi connectivity index (χ0n) is 15.7. The van der Waals surface area contributed by atoms with Crippen molar-refractivity contribution in [2.45, 2.75) is 59.5 Å². The molecular weight excluding hydrogens is 431 g/mol.